The van der Waals surface area contributed by atoms with Gasteiger partial charge in [-0.1, -0.05) is 109 Å². The molecule has 0 spiro atoms. The third-order valence-electron chi connectivity index (χ3n) is 11.0. The molecule has 0 aromatic heterocycles. The first-order chi connectivity index (χ1) is 25.7. The minimum atomic E-state index is -0.186. The highest BCUT2D eigenvalue weighted by atomic mass is 16.1. The van der Waals surface area contributed by atoms with E-state index < -0.39 is 0 Å². The Morgan fingerprint density at radius 3 is 1.75 bits per heavy atom. The van der Waals surface area contributed by atoms with Crippen LogP contribution < -0.4 is 9.80 Å². The monoisotopic (exact) mass is 674 g/mol. The number of allylic oxidation sites excluding steroid dienone is 10. The molecular formula is C48H38N2O2. The van der Waals surface area contributed by atoms with Crippen molar-refractivity contribution in [3.8, 4) is 0 Å². The topological polar surface area (TPSA) is 40.6 Å². The highest BCUT2D eigenvalue weighted by molar-refractivity contribution is 6.06. The van der Waals surface area contributed by atoms with E-state index in [-0.39, 0.29) is 23.5 Å². The Hall–Kier alpha value is -6.26. The maximum absolute atomic E-state index is 14.2. The number of hydrogen-bond acceptors (Lipinski definition) is 4. The fourth-order valence-electron chi connectivity index (χ4n) is 8.75. The highest BCUT2D eigenvalue weighted by Gasteiger charge is 2.46. The Labute approximate surface area is 305 Å². The third-order valence-corrected chi connectivity index (χ3v) is 11.0. The molecule has 4 aliphatic carbocycles. The van der Waals surface area contributed by atoms with E-state index in [1.54, 1.807) is 0 Å². The lowest BCUT2D eigenvalue weighted by Gasteiger charge is -2.36. The van der Waals surface area contributed by atoms with Gasteiger partial charge in [0.25, 0.3) is 0 Å². The van der Waals surface area contributed by atoms with Crippen molar-refractivity contribution in [1.82, 2.24) is 0 Å². The van der Waals surface area contributed by atoms with Gasteiger partial charge in [-0.2, -0.15) is 0 Å². The van der Waals surface area contributed by atoms with Gasteiger partial charge in [-0.05, 0) is 108 Å². The molecule has 0 amide bonds. The van der Waals surface area contributed by atoms with Crippen LogP contribution in [0.25, 0.3) is 5.57 Å². The van der Waals surface area contributed by atoms with Crippen molar-refractivity contribution in [3.05, 3.63) is 203 Å². The van der Waals surface area contributed by atoms with Crippen LogP contribution in [0.3, 0.4) is 0 Å². The predicted molar refractivity (Wildman–Crippen MR) is 211 cm³/mol. The fraction of sp³-hybridized carbons (Fsp3) is 0.125. The van der Waals surface area contributed by atoms with Crippen LogP contribution in [0.2, 0.25) is 0 Å². The van der Waals surface area contributed by atoms with Gasteiger partial charge in [-0.25, -0.2) is 0 Å². The molecule has 5 aromatic carbocycles. The lowest BCUT2D eigenvalue weighted by molar-refractivity contribution is -0.117. The summed E-state index contributed by atoms with van der Waals surface area (Å²) in [5.74, 6) is 0.312. The van der Waals surface area contributed by atoms with Crippen LogP contribution in [0.1, 0.15) is 35.2 Å². The SMILES string of the molecule is O=Cc1cc(N(c2ccccc2)c2ccccc2)ccc1C1=C2C=CC3=C(C2CC=C1)C1CCC(N(c2ccccc2)c2ccccc2)=CC1C3=O. The van der Waals surface area contributed by atoms with Crippen molar-refractivity contribution >= 4 is 46.1 Å². The average molecular weight is 675 g/mol. The largest absolute Gasteiger partial charge is 0.315 e. The molecule has 9 rings (SSSR count). The van der Waals surface area contributed by atoms with E-state index in [1.807, 2.05) is 54.6 Å². The number of nitrogens with zero attached hydrogens (tertiary/aromatic N) is 2. The number of ketones is 1. The van der Waals surface area contributed by atoms with Gasteiger partial charge in [0, 0.05) is 57.1 Å². The first-order valence-corrected chi connectivity index (χ1v) is 18.2. The van der Waals surface area contributed by atoms with E-state index in [1.165, 1.54) is 16.8 Å². The second-order valence-corrected chi connectivity index (χ2v) is 13.9. The smallest absolute Gasteiger partial charge is 0.170 e. The normalized spacial score (nSPS) is 20.2. The summed E-state index contributed by atoms with van der Waals surface area (Å²) < 4.78 is 0. The molecule has 0 heterocycles. The molecule has 5 aromatic rings. The molecule has 4 heteroatoms. The molecule has 252 valence electrons. The zero-order valence-corrected chi connectivity index (χ0v) is 28.8. The van der Waals surface area contributed by atoms with E-state index in [4.69, 9.17) is 0 Å². The molecule has 0 N–H and O–H groups in total. The van der Waals surface area contributed by atoms with Crippen molar-refractivity contribution in [1.29, 1.82) is 0 Å². The summed E-state index contributed by atoms with van der Waals surface area (Å²) in [7, 11) is 0. The minimum absolute atomic E-state index is 0.109. The number of anilines is 5. The van der Waals surface area contributed by atoms with Crippen LogP contribution >= 0.6 is 0 Å². The zero-order chi connectivity index (χ0) is 35.0. The molecule has 4 nitrogen and oxygen atoms in total. The van der Waals surface area contributed by atoms with Gasteiger partial charge in [0.1, 0.15) is 0 Å². The summed E-state index contributed by atoms with van der Waals surface area (Å²) >= 11 is 0. The number of benzene rings is 5. The van der Waals surface area contributed by atoms with Gasteiger partial charge < -0.3 is 9.80 Å². The van der Waals surface area contributed by atoms with Gasteiger partial charge in [-0.3, -0.25) is 9.59 Å². The lowest BCUT2D eigenvalue weighted by atomic mass is 9.70. The summed E-state index contributed by atoms with van der Waals surface area (Å²) in [6.07, 6.45) is 14.5. The van der Waals surface area contributed by atoms with Crippen LogP contribution in [0.5, 0.6) is 0 Å². The first kappa shape index (κ1) is 31.7. The molecule has 3 atom stereocenters. The van der Waals surface area contributed by atoms with Crippen LogP contribution in [0.4, 0.5) is 28.4 Å². The summed E-state index contributed by atoms with van der Waals surface area (Å²) in [6, 6.07) is 47.6. The van der Waals surface area contributed by atoms with E-state index in [0.717, 1.165) is 70.7 Å². The number of aldehydes is 1. The van der Waals surface area contributed by atoms with Crippen molar-refractivity contribution < 1.29 is 9.59 Å². The van der Waals surface area contributed by atoms with Crippen molar-refractivity contribution in [2.45, 2.75) is 19.3 Å². The third kappa shape index (κ3) is 5.48. The molecule has 4 aliphatic rings. The Morgan fingerprint density at radius 2 is 1.17 bits per heavy atom. The molecular weight excluding hydrogens is 637 g/mol. The molecule has 0 bridgehead atoms. The molecule has 0 aliphatic heterocycles. The number of para-hydroxylation sites is 4. The maximum Gasteiger partial charge on any atom is 0.170 e. The Morgan fingerprint density at radius 1 is 0.596 bits per heavy atom. The van der Waals surface area contributed by atoms with Crippen molar-refractivity contribution in [2.24, 2.45) is 17.8 Å². The van der Waals surface area contributed by atoms with Gasteiger partial charge in [0.2, 0.25) is 0 Å². The highest BCUT2D eigenvalue weighted by Crippen LogP contribution is 2.53. The van der Waals surface area contributed by atoms with E-state index in [2.05, 4.69) is 125 Å². The predicted octanol–water partition coefficient (Wildman–Crippen LogP) is 11.5. The summed E-state index contributed by atoms with van der Waals surface area (Å²) in [4.78, 5) is 31.5. The van der Waals surface area contributed by atoms with Crippen LogP contribution in [0.15, 0.2) is 192 Å². The second kappa shape index (κ2) is 13.5. The van der Waals surface area contributed by atoms with Crippen LogP contribution in [-0.2, 0) is 4.79 Å². The standard InChI is InChI=1S/C48H38N2O2/c51-32-33-30-38(49(34-14-5-1-6-15-34)35-16-7-2-8-17-35)24-26-40(33)41-22-13-23-43-42(41)28-29-45-47(43)44-27-25-39(31-46(44)48(45)52)50(36-18-9-3-10-19-36)37-20-11-4-12-21-37/h1-22,24,26,28-32,43-44,46H,23,25,27H2. The lowest BCUT2D eigenvalue weighted by Crippen LogP contribution is -2.27. The maximum atomic E-state index is 14.2. The summed E-state index contributed by atoms with van der Waals surface area (Å²) in [5.41, 5.74) is 12.3. The number of fused-ring (bicyclic) bond motifs is 4. The van der Waals surface area contributed by atoms with E-state index >= 15 is 0 Å². The Kier molecular flexibility index (Phi) is 8.21. The zero-order valence-electron chi connectivity index (χ0n) is 28.8. The molecule has 0 radical (unpaired) electrons. The quantitative estimate of drug-likeness (QED) is 0.154. The van der Waals surface area contributed by atoms with E-state index in [9.17, 15) is 9.59 Å². The molecule has 3 unspecified atom stereocenters. The molecule has 0 saturated carbocycles. The summed E-state index contributed by atoms with van der Waals surface area (Å²) in [6.45, 7) is 0. The van der Waals surface area contributed by atoms with Gasteiger partial charge in [0.15, 0.2) is 12.1 Å². The van der Waals surface area contributed by atoms with Gasteiger partial charge in [0.05, 0.1) is 0 Å². The van der Waals surface area contributed by atoms with Crippen molar-refractivity contribution in [2.75, 3.05) is 9.80 Å². The van der Waals surface area contributed by atoms with E-state index in [0.29, 0.717) is 5.56 Å². The van der Waals surface area contributed by atoms with Gasteiger partial charge in [-0.15, -0.1) is 0 Å². The first-order valence-electron chi connectivity index (χ1n) is 18.2. The number of carbonyl (C=O) groups is 2. The average Bonchev–Trinajstić information content (AvgIpc) is 3.50. The minimum Gasteiger partial charge on any atom is -0.315 e. The number of rotatable bonds is 8. The Bertz CT molecular complexity index is 2240. The molecule has 52 heavy (non-hydrogen) atoms. The molecule has 0 saturated heterocycles. The van der Waals surface area contributed by atoms with Gasteiger partial charge >= 0.3 is 0 Å². The number of Topliss-reactive ketones (excluding diaryl/α,β-unsaturated/α-hetero) is 1. The van der Waals surface area contributed by atoms with Crippen LogP contribution in [0, 0.1) is 17.8 Å². The molecule has 0 fully saturated rings. The second-order valence-electron chi connectivity index (χ2n) is 13.9. The number of hydrogen-bond donors (Lipinski definition) is 0. The number of carbonyl (C=O) groups excluding carboxylic acids is 2. The summed E-state index contributed by atoms with van der Waals surface area (Å²) in [5, 5.41) is 0. The van der Waals surface area contributed by atoms with Crippen molar-refractivity contribution in [3.63, 3.8) is 0 Å². The fourth-order valence-corrected chi connectivity index (χ4v) is 8.75. The van der Waals surface area contributed by atoms with Crippen LogP contribution in [-0.4, -0.2) is 12.1 Å². The Balaban J connectivity index is 1.06.